The Morgan fingerprint density at radius 3 is 2.61 bits per heavy atom. The molecular formula is C20H24F3N5O3. The smallest absolute Gasteiger partial charge is 0.393 e. The standard InChI is InChI=1S/C20H24F3N5O3/c1-25-9-12-8-14(29)6-7-16(12)28-10-15(18(24)31)19(27-28)26-13-4-2-11(3-5-13)17(30)20(21,22)23/h2-5,10,12,14,16-17,29-30H,1,6-9H2,(H2,24,31)(H,26,27). The number of anilines is 2. The summed E-state index contributed by atoms with van der Waals surface area (Å²) in [6.07, 6.45) is -4.53. The molecule has 0 saturated heterocycles. The lowest BCUT2D eigenvalue weighted by Crippen LogP contribution is -2.32. The van der Waals surface area contributed by atoms with Crippen molar-refractivity contribution in [3.05, 3.63) is 41.6 Å². The minimum Gasteiger partial charge on any atom is -0.393 e. The van der Waals surface area contributed by atoms with Crippen molar-refractivity contribution in [2.75, 3.05) is 11.9 Å². The van der Waals surface area contributed by atoms with E-state index in [1.807, 2.05) is 0 Å². The fourth-order valence-corrected chi connectivity index (χ4v) is 3.84. The Balaban J connectivity index is 1.84. The van der Waals surface area contributed by atoms with Gasteiger partial charge in [-0.3, -0.25) is 9.48 Å². The van der Waals surface area contributed by atoms with Gasteiger partial charge in [-0.1, -0.05) is 12.1 Å². The monoisotopic (exact) mass is 439 g/mol. The number of halogens is 3. The Kier molecular flexibility index (Phi) is 6.65. The van der Waals surface area contributed by atoms with Crippen molar-refractivity contribution in [1.29, 1.82) is 0 Å². The molecular weight excluding hydrogens is 415 g/mol. The van der Waals surface area contributed by atoms with E-state index in [0.29, 0.717) is 31.5 Å². The number of aromatic nitrogens is 2. The van der Waals surface area contributed by atoms with Crippen LogP contribution in [0.4, 0.5) is 24.7 Å². The number of primary amides is 1. The van der Waals surface area contributed by atoms with Gasteiger partial charge in [-0.2, -0.15) is 18.3 Å². The molecule has 31 heavy (non-hydrogen) atoms. The highest BCUT2D eigenvalue weighted by Gasteiger charge is 2.39. The van der Waals surface area contributed by atoms with Crippen LogP contribution >= 0.6 is 0 Å². The maximum Gasteiger partial charge on any atom is 0.418 e. The third kappa shape index (κ3) is 5.23. The first-order valence-corrected chi connectivity index (χ1v) is 9.71. The van der Waals surface area contributed by atoms with Crippen molar-refractivity contribution in [3.63, 3.8) is 0 Å². The quantitative estimate of drug-likeness (QED) is 0.494. The second-order valence-corrected chi connectivity index (χ2v) is 7.63. The summed E-state index contributed by atoms with van der Waals surface area (Å²) in [7, 11) is 0. The van der Waals surface area contributed by atoms with Gasteiger partial charge >= 0.3 is 6.18 Å². The van der Waals surface area contributed by atoms with Gasteiger partial charge in [-0.05, 0) is 43.7 Å². The van der Waals surface area contributed by atoms with Crippen molar-refractivity contribution in [3.8, 4) is 0 Å². The summed E-state index contributed by atoms with van der Waals surface area (Å²) in [5.74, 6) is -0.571. The van der Waals surface area contributed by atoms with Crippen LogP contribution in [0.5, 0.6) is 0 Å². The molecule has 1 saturated carbocycles. The highest BCUT2D eigenvalue weighted by atomic mass is 19.4. The van der Waals surface area contributed by atoms with Crippen LogP contribution in [-0.2, 0) is 0 Å². The second-order valence-electron chi connectivity index (χ2n) is 7.63. The number of aliphatic hydroxyl groups is 2. The first-order chi connectivity index (χ1) is 14.6. The molecule has 0 spiro atoms. The van der Waals surface area contributed by atoms with Gasteiger partial charge in [0.05, 0.1) is 12.1 Å². The highest BCUT2D eigenvalue weighted by molar-refractivity contribution is 5.98. The Morgan fingerprint density at radius 2 is 2.03 bits per heavy atom. The number of aliphatic hydroxyl groups excluding tert-OH is 2. The minimum atomic E-state index is -4.77. The zero-order chi connectivity index (χ0) is 22.8. The summed E-state index contributed by atoms with van der Waals surface area (Å²) in [5, 5.41) is 26.6. The van der Waals surface area contributed by atoms with Crippen LogP contribution < -0.4 is 11.1 Å². The number of nitrogens with two attached hydrogens (primary N) is 1. The van der Waals surface area contributed by atoms with Gasteiger partial charge in [0.2, 0.25) is 0 Å². The van der Waals surface area contributed by atoms with E-state index in [2.05, 4.69) is 22.1 Å². The fraction of sp³-hybridized carbons (Fsp3) is 0.450. The molecule has 1 amide bonds. The van der Waals surface area contributed by atoms with Crippen molar-refractivity contribution >= 4 is 24.1 Å². The van der Waals surface area contributed by atoms with Gasteiger partial charge in [-0.15, -0.1) is 0 Å². The lowest BCUT2D eigenvalue weighted by atomic mass is 9.83. The van der Waals surface area contributed by atoms with Crippen LogP contribution in [0.15, 0.2) is 35.5 Å². The van der Waals surface area contributed by atoms with Crippen molar-refractivity contribution in [2.45, 2.75) is 43.7 Å². The van der Waals surface area contributed by atoms with Crippen LogP contribution in [0.2, 0.25) is 0 Å². The maximum absolute atomic E-state index is 12.7. The number of rotatable bonds is 7. The zero-order valence-electron chi connectivity index (χ0n) is 16.6. The molecule has 1 aromatic heterocycles. The van der Waals surface area contributed by atoms with Gasteiger partial charge in [-0.25, -0.2) is 0 Å². The predicted octanol–water partition coefficient (Wildman–Crippen LogP) is 2.72. The van der Waals surface area contributed by atoms with Gasteiger partial charge in [0, 0.05) is 24.3 Å². The molecule has 1 fully saturated rings. The molecule has 0 bridgehead atoms. The predicted molar refractivity (Wildman–Crippen MR) is 108 cm³/mol. The Bertz CT molecular complexity index is 929. The molecule has 1 heterocycles. The number of alkyl halides is 3. The SMILES string of the molecule is C=NCC1CC(O)CCC1n1cc(C(N)=O)c(Nc2ccc(C(O)C(F)(F)F)cc2)n1. The Hall–Kier alpha value is -2.92. The molecule has 168 valence electrons. The number of carbonyl (C=O) groups excluding carboxylic acids is 1. The number of hydrogen-bond acceptors (Lipinski definition) is 6. The topological polar surface area (TPSA) is 126 Å². The maximum atomic E-state index is 12.7. The number of carbonyl (C=O) groups is 1. The molecule has 11 heteroatoms. The molecule has 3 rings (SSSR count). The summed E-state index contributed by atoms with van der Waals surface area (Å²) >= 11 is 0. The first kappa shape index (κ1) is 22.8. The molecule has 4 unspecified atom stereocenters. The molecule has 8 nitrogen and oxygen atoms in total. The van der Waals surface area contributed by atoms with E-state index in [-0.39, 0.29) is 28.9 Å². The number of benzene rings is 1. The number of hydrogen-bond donors (Lipinski definition) is 4. The van der Waals surface area contributed by atoms with Crippen LogP contribution in [0, 0.1) is 5.92 Å². The molecule has 0 aliphatic heterocycles. The molecule has 4 atom stereocenters. The van der Waals surface area contributed by atoms with Crippen molar-refractivity contribution in [2.24, 2.45) is 16.6 Å². The van der Waals surface area contributed by atoms with Crippen LogP contribution in [0.3, 0.4) is 0 Å². The first-order valence-electron chi connectivity index (χ1n) is 9.71. The van der Waals surface area contributed by atoms with E-state index in [1.165, 1.54) is 18.3 Å². The number of amides is 1. The molecule has 2 aromatic rings. The molecule has 1 aliphatic carbocycles. The number of nitrogens with one attached hydrogen (secondary N) is 1. The molecule has 0 radical (unpaired) electrons. The van der Waals surface area contributed by atoms with Crippen LogP contribution in [0.25, 0.3) is 0 Å². The molecule has 5 N–H and O–H groups in total. The highest BCUT2D eigenvalue weighted by Crippen LogP contribution is 2.36. The normalized spacial score (nSPS) is 22.7. The largest absolute Gasteiger partial charge is 0.418 e. The summed E-state index contributed by atoms with van der Waals surface area (Å²) in [6.45, 7) is 3.94. The summed E-state index contributed by atoms with van der Waals surface area (Å²) < 4.78 is 39.6. The van der Waals surface area contributed by atoms with E-state index in [4.69, 9.17) is 5.73 Å². The lowest BCUT2D eigenvalue weighted by molar-refractivity contribution is -0.206. The van der Waals surface area contributed by atoms with Crippen molar-refractivity contribution < 1.29 is 28.2 Å². The molecule has 1 aliphatic rings. The minimum absolute atomic E-state index is 0.0159. The fourth-order valence-electron chi connectivity index (χ4n) is 3.84. The van der Waals surface area contributed by atoms with E-state index in [9.17, 15) is 28.2 Å². The van der Waals surface area contributed by atoms with Gasteiger partial charge in [0.25, 0.3) is 5.91 Å². The van der Waals surface area contributed by atoms with Crippen LogP contribution in [0.1, 0.15) is 47.3 Å². The van der Waals surface area contributed by atoms with Crippen LogP contribution in [-0.4, -0.2) is 51.4 Å². The lowest BCUT2D eigenvalue weighted by Gasteiger charge is -2.33. The third-order valence-corrected chi connectivity index (χ3v) is 5.41. The Morgan fingerprint density at radius 1 is 1.35 bits per heavy atom. The Labute approximate surface area is 176 Å². The molecule has 1 aromatic carbocycles. The average molecular weight is 439 g/mol. The summed E-state index contributed by atoms with van der Waals surface area (Å²) in [6, 6.07) is 4.84. The van der Waals surface area contributed by atoms with E-state index < -0.39 is 24.3 Å². The zero-order valence-corrected chi connectivity index (χ0v) is 16.6. The van der Waals surface area contributed by atoms with Gasteiger partial charge in [0.15, 0.2) is 11.9 Å². The third-order valence-electron chi connectivity index (χ3n) is 5.41. The number of nitrogens with zero attached hydrogens (tertiary/aromatic N) is 3. The number of aliphatic imine (C=N–C) groups is 1. The van der Waals surface area contributed by atoms with E-state index >= 15 is 0 Å². The van der Waals surface area contributed by atoms with Gasteiger partial charge < -0.3 is 26.3 Å². The summed E-state index contributed by atoms with van der Waals surface area (Å²) in [5.41, 5.74) is 5.66. The van der Waals surface area contributed by atoms with Crippen molar-refractivity contribution in [1.82, 2.24) is 9.78 Å². The van der Waals surface area contributed by atoms with Gasteiger partial charge in [0.1, 0.15) is 5.56 Å². The van der Waals surface area contributed by atoms with E-state index in [0.717, 1.165) is 12.1 Å². The average Bonchev–Trinajstić information content (AvgIpc) is 3.11. The second kappa shape index (κ2) is 9.06. The summed E-state index contributed by atoms with van der Waals surface area (Å²) in [4.78, 5) is 15.9. The van der Waals surface area contributed by atoms with E-state index in [1.54, 1.807) is 4.68 Å².